The van der Waals surface area contributed by atoms with Crippen LogP contribution in [-0.4, -0.2) is 51.3 Å². The quantitative estimate of drug-likeness (QED) is 0.149. The Labute approximate surface area is 278 Å². The minimum Gasteiger partial charge on any atom is -0.493 e. The number of nitrogens with zero attached hydrogens (tertiary/aromatic N) is 2. The molecule has 0 fully saturated rings. The van der Waals surface area contributed by atoms with Crippen LogP contribution in [0.5, 0.6) is 17.2 Å². The molecular weight excluding hydrogens is 639 g/mol. The molecule has 0 atom stereocenters. The van der Waals surface area contributed by atoms with Crippen molar-refractivity contribution >= 4 is 31.4 Å². The van der Waals surface area contributed by atoms with Gasteiger partial charge in [0.2, 0.25) is 15.8 Å². The summed E-state index contributed by atoms with van der Waals surface area (Å²) in [7, 11) is -3.91. The lowest BCUT2D eigenvalue weighted by Crippen LogP contribution is -2.30. The van der Waals surface area contributed by atoms with Crippen LogP contribution in [0.4, 0.5) is 11.4 Å². The number of anilines is 2. The SMILES string of the molecule is C=CS(=O)(=O)N(Cc1cc(OC)c(OC)c(OC)c1)c1cccc(S(=O)(=O)NCc2ccc(N(CC)CC)cc2)c1-c1ccccc1. The summed E-state index contributed by atoms with van der Waals surface area (Å²) in [5.74, 6) is 1.03. The topological polar surface area (TPSA) is 114 Å². The van der Waals surface area contributed by atoms with Crippen LogP contribution in [-0.2, 0) is 33.1 Å². The number of methoxy groups -OCH3 is 3. The third-order valence-electron chi connectivity index (χ3n) is 7.72. The molecule has 4 rings (SSSR count). The Morgan fingerprint density at radius 1 is 0.766 bits per heavy atom. The average molecular weight is 680 g/mol. The van der Waals surface area contributed by atoms with Crippen LogP contribution in [0.1, 0.15) is 25.0 Å². The smallest absolute Gasteiger partial charge is 0.257 e. The summed E-state index contributed by atoms with van der Waals surface area (Å²) in [6.07, 6.45) is 0. The molecule has 0 amide bonds. The second kappa shape index (κ2) is 15.4. The highest BCUT2D eigenvalue weighted by atomic mass is 32.2. The van der Waals surface area contributed by atoms with E-state index < -0.39 is 20.0 Å². The van der Waals surface area contributed by atoms with Gasteiger partial charge in [0.05, 0.1) is 38.5 Å². The van der Waals surface area contributed by atoms with Crippen molar-refractivity contribution in [2.45, 2.75) is 31.8 Å². The zero-order valence-corrected chi connectivity index (χ0v) is 28.9. The van der Waals surface area contributed by atoms with E-state index in [1.165, 1.54) is 33.5 Å². The van der Waals surface area contributed by atoms with Gasteiger partial charge in [0.15, 0.2) is 11.5 Å². The second-order valence-corrected chi connectivity index (χ2v) is 14.0. The van der Waals surface area contributed by atoms with Crippen LogP contribution in [0.25, 0.3) is 11.1 Å². The van der Waals surface area contributed by atoms with Crippen molar-refractivity contribution in [3.8, 4) is 28.4 Å². The van der Waals surface area contributed by atoms with Crippen molar-refractivity contribution < 1.29 is 31.0 Å². The molecule has 0 aliphatic carbocycles. The zero-order valence-electron chi connectivity index (χ0n) is 27.3. The van der Waals surface area contributed by atoms with Crippen molar-refractivity contribution in [2.24, 2.45) is 0 Å². The Morgan fingerprint density at radius 2 is 1.38 bits per heavy atom. The number of nitrogens with one attached hydrogen (secondary N) is 1. The van der Waals surface area contributed by atoms with Crippen molar-refractivity contribution in [1.29, 1.82) is 0 Å². The number of hydrogen-bond acceptors (Lipinski definition) is 8. The highest BCUT2D eigenvalue weighted by Crippen LogP contribution is 2.41. The molecule has 0 heterocycles. The highest BCUT2D eigenvalue weighted by Gasteiger charge is 2.29. The van der Waals surface area contributed by atoms with Gasteiger partial charge in [-0.05, 0) is 66.9 Å². The maximum atomic E-state index is 14.0. The molecule has 0 unspecified atom stereocenters. The normalized spacial score (nSPS) is 11.5. The van der Waals surface area contributed by atoms with Crippen LogP contribution >= 0.6 is 0 Å². The van der Waals surface area contributed by atoms with Crippen LogP contribution in [0.3, 0.4) is 0 Å². The molecule has 0 aliphatic heterocycles. The van der Waals surface area contributed by atoms with Gasteiger partial charge in [0.25, 0.3) is 10.0 Å². The van der Waals surface area contributed by atoms with E-state index >= 15 is 0 Å². The predicted octanol–water partition coefficient (Wildman–Crippen LogP) is 6.18. The van der Waals surface area contributed by atoms with Crippen molar-refractivity contribution in [2.75, 3.05) is 43.6 Å². The fourth-order valence-electron chi connectivity index (χ4n) is 5.31. The first-order valence-electron chi connectivity index (χ1n) is 15.0. The fourth-order valence-corrected chi connectivity index (χ4v) is 7.51. The van der Waals surface area contributed by atoms with E-state index in [1.54, 1.807) is 48.5 Å². The van der Waals surface area contributed by atoms with E-state index in [2.05, 4.69) is 30.0 Å². The number of rotatable bonds is 16. The molecule has 47 heavy (non-hydrogen) atoms. The minimum absolute atomic E-state index is 0.0411. The second-order valence-electron chi connectivity index (χ2n) is 10.4. The van der Waals surface area contributed by atoms with E-state index in [9.17, 15) is 16.8 Å². The molecule has 0 radical (unpaired) electrons. The molecule has 0 saturated heterocycles. The Kier molecular flexibility index (Phi) is 11.6. The molecule has 12 heteroatoms. The third-order valence-corrected chi connectivity index (χ3v) is 10.5. The Bertz CT molecular complexity index is 1870. The van der Waals surface area contributed by atoms with E-state index in [4.69, 9.17) is 14.2 Å². The molecule has 250 valence electrons. The zero-order chi connectivity index (χ0) is 34.2. The molecule has 4 aromatic carbocycles. The highest BCUT2D eigenvalue weighted by molar-refractivity contribution is 7.95. The molecule has 0 bridgehead atoms. The lowest BCUT2D eigenvalue weighted by atomic mass is 10.0. The molecule has 4 aromatic rings. The summed E-state index contributed by atoms with van der Waals surface area (Å²) in [6, 6.07) is 24.4. The number of ether oxygens (including phenoxy) is 3. The molecule has 10 nitrogen and oxygen atoms in total. The summed E-state index contributed by atoms with van der Waals surface area (Å²) in [6.45, 7) is 9.27. The van der Waals surface area contributed by atoms with Crippen molar-refractivity contribution in [3.63, 3.8) is 0 Å². The lowest BCUT2D eigenvalue weighted by molar-refractivity contribution is 0.324. The molecule has 0 aliphatic rings. The monoisotopic (exact) mass is 679 g/mol. The molecule has 0 spiro atoms. The standard InChI is InChI=1S/C35H41N3O7S2/c1-7-37(8-2)29-20-18-26(19-21-29)24-36-47(41,42)33-17-13-16-30(34(33)28-14-11-10-12-15-28)38(46(39,40)9-3)25-27-22-31(43-4)35(45-6)32(23-27)44-5/h9-23,36H,3,7-8,24-25H2,1-2,4-6H3. The van der Waals surface area contributed by atoms with Gasteiger partial charge in [-0.3, -0.25) is 4.31 Å². The maximum Gasteiger partial charge on any atom is 0.257 e. The Morgan fingerprint density at radius 3 is 1.91 bits per heavy atom. The predicted molar refractivity (Wildman–Crippen MR) is 187 cm³/mol. The fraction of sp³-hybridized carbons (Fsp3) is 0.257. The lowest BCUT2D eigenvalue weighted by Gasteiger charge is -2.27. The van der Waals surface area contributed by atoms with E-state index in [0.717, 1.165) is 34.1 Å². The van der Waals surface area contributed by atoms with E-state index in [0.29, 0.717) is 28.4 Å². The average Bonchev–Trinajstić information content (AvgIpc) is 3.10. The van der Waals surface area contributed by atoms with Gasteiger partial charge in [-0.25, -0.2) is 21.6 Å². The van der Waals surface area contributed by atoms with E-state index in [-0.39, 0.29) is 29.2 Å². The van der Waals surface area contributed by atoms with Crippen LogP contribution < -0.4 is 28.1 Å². The first-order chi connectivity index (χ1) is 22.5. The summed E-state index contributed by atoms with van der Waals surface area (Å²) in [5.41, 5.74) is 3.22. The molecular formula is C35H41N3O7S2. The first-order valence-corrected chi connectivity index (χ1v) is 18.0. The van der Waals surface area contributed by atoms with Crippen molar-refractivity contribution in [3.05, 3.63) is 108 Å². The minimum atomic E-state index is -4.16. The summed E-state index contributed by atoms with van der Waals surface area (Å²) in [5, 5.41) is 0.834. The van der Waals surface area contributed by atoms with Gasteiger partial charge in [-0.2, -0.15) is 0 Å². The Balaban J connectivity index is 1.82. The van der Waals surface area contributed by atoms with Gasteiger partial charge in [0, 0.05) is 36.3 Å². The summed E-state index contributed by atoms with van der Waals surface area (Å²) < 4.78 is 75.6. The maximum absolute atomic E-state index is 14.0. The molecule has 1 N–H and O–H groups in total. The van der Waals surface area contributed by atoms with E-state index in [1.807, 2.05) is 24.3 Å². The Hall–Kier alpha value is -4.52. The third kappa shape index (κ3) is 7.90. The van der Waals surface area contributed by atoms with Crippen LogP contribution in [0, 0.1) is 0 Å². The van der Waals surface area contributed by atoms with Gasteiger partial charge >= 0.3 is 0 Å². The summed E-state index contributed by atoms with van der Waals surface area (Å²) >= 11 is 0. The van der Waals surface area contributed by atoms with Gasteiger partial charge in [-0.1, -0.05) is 55.1 Å². The number of hydrogen-bond donors (Lipinski definition) is 1. The molecule has 0 saturated carbocycles. The summed E-state index contributed by atoms with van der Waals surface area (Å²) in [4.78, 5) is 2.13. The van der Waals surface area contributed by atoms with Crippen LogP contribution in [0.2, 0.25) is 0 Å². The van der Waals surface area contributed by atoms with Gasteiger partial charge in [0.1, 0.15) is 0 Å². The van der Waals surface area contributed by atoms with Gasteiger partial charge in [-0.15, -0.1) is 0 Å². The number of sulfonamides is 2. The molecule has 0 aromatic heterocycles. The number of benzene rings is 4. The van der Waals surface area contributed by atoms with Gasteiger partial charge < -0.3 is 19.1 Å². The van der Waals surface area contributed by atoms with Crippen LogP contribution in [0.15, 0.2) is 102 Å². The first kappa shape index (κ1) is 35.3. The van der Waals surface area contributed by atoms with Crippen molar-refractivity contribution in [1.82, 2.24) is 4.72 Å². The largest absolute Gasteiger partial charge is 0.493 e.